The Morgan fingerprint density at radius 3 is 1.16 bits per heavy atom. The van der Waals surface area contributed by atoms with E-state index in [0.29, 0.717) is 17.5 Å². The van der Waals surface area contributed by atoms with E-state index in [4.69, 9.17) is 20.1 Å². The molecule has 0 bridgehead atoms. The van der Waals surface area contributed by atoms with Crippen molar-refractivity contribution in [3.63, 3.8) is 0 Å². The van der Waals surface area contributed by atoms with Crippen molar-refractivity contribution >= 4 is 21.7 Å². The molecule has 0 aliphatic carbocycles. The smallest absolute Gasteiger partial charge is 0.165 e. The van der Waals surface area contributed by atoms with Crippen molar-refractivity contribution in [2.75, 3.05) is 0 Å². The Balaban J connectivity index is 1.22. The molecule has 11 rings (SSSR count). The second-order valence-corrected chi connectivity index (χ2v) is 15.0. The molecule has 11 aromatic rings. The lowest BCUT2D eigenvalue weighted by molar-refractivity contribution is 0.918. The Morgan fingerprint density at radius 1 is 0.279 bits per heavy atom. The molecule has 2 heterocycles. The van der Waals surface area contributed by atoms with Crippen LogP contribution < -0.4 is 0 Å². The molecule has 9 aromatic carbocycles. The Kier molecular flexibility index (Phi) is 9.10. The zero-order valence-electron chi connectivity index (χ0n) is 33.1. The van der Waals surface area contributed by atoms with Gasteiger partial charge in [-0.25, -0.2) is 19.6 Å². The molecule has 0 saturated carbocycles. The third kappa shape index (κ3) is 6.64. The first-order valence-electron chi connectivity index (χ1n) is 20.5. The molecule has 0 aliphatic rings. The second-order valence-electron chi connectivity index (χ2n) is 15.0. The van der Waals surface area contributed by atoms with E-state index in [1.165, 1.54) is 0 Å². The standard InChI is InChI=1S/C56H37N5/c1-6-18-38(19-7-1)40-30-34-44(35-31-40)54-57-55(45-36-32-41(33-37-45)39-20-8-2-9-21-39)59-56(58-54)50-47-28-16-17-29-48(47)53-51(49(50)42-22-10-3-11-23-42)52(43-24-12-4-13-25-43)60-61(53)46-26-14-5-15-27-46/h1-37H. The average molecular weight is 780 g/mol. The summed E-state index contributed by atoms with van der Waals surface area (Å²) in [6, 6.07) is 77.9. The van der Waals surface area contributed by atoms with E-state index in [-0.39, 0.29) is 0 Å². The van der Waals surface area contributed by atoms with Gasteiger partial charge in [0.2, 0.25) is 0 Å². The SMILES string of the molecule is c1ccc(-c2ccc(-c3nc(-c4ccc(-c5ccccc5)cc4)nc(-c4c(-c5ccccc5)c5c(-c6ccccc6)nn(-c6ccccc6)c5c5ccccc45)n3)cc2)cc1. The quantitative estimate of drug-likeness (QED) is 0.154. The van der Waals surface area contributed by atoms with Crippen molar-refractivity contribution in [3.8, 4) is 84.5 Å². The molecule has 0 fully saturated rings. The second kappa shape index (κ2) is 15.5. The number of para-hydroxylation sites is 1. The van der Waals surface area contributed by atoms with Crippen molar-refractivity contribution in [1.29, 1.82) is 0 Å². The van der Waals surface area contributed by atoms with Crippen LogP contribution >= 0.6 is 0 Å². The van der Waals surface area contributed by atoms with Gasteiger partial charge in [-0.3, -0.25) is 0 Å². The van der Waals surface area contributed by atoms with Gasteiger partial charge in [-0.1, -0.05) is 212 Å². The van der Waals surface area contributed by atoms with Crippen LogP contribution in [0.1, 0.15) is 0 Å². The minimum absolute atomic E-state index is 0.586. The summed E-state index contributed by atoms with van der Waals surface area (Å²) in [5, 5.41) is 8.56. The number of rotatable bonds is 8. The van der Waals surface area contributed by atoms with E-state index in [1.807, 2.05) is 24.3 Å². The maximum absolute atomic E-state index is 5.46. The first-order valence-corrected chi connectivity index (χ1v) is 20.5. The van der Waals surface area contributed by atoms with E-state index in [1.54, 1.807) is 0 Å². The lowest BCUT2D eigenvalue weighted by atomic mass is 9.88. The van der Waals surface area contributed by atoms with Crippen molar-refractivity contribution in [2.45, 2.75) is 0 Å². The van der Waals surface area contributed by atoms with Crippen LogP contribution in [0.5, 0.6) is 0 Å². The molecule has 0 unspecified atom stereocenters. The lowest BCUT2D eigenvalue weighted by Gasteiger charge is -2.18. The fourth-order valence-corrected chi connectivity index (χ4v) is 8.38. The van der Waals surface area contributed by atoms with E-state index in [9.17, 15) is 0 Å². The number of fused-ring (bicyclic) bond motifs is 3. The van der Waals surface area contributed by atoms with Crippen LogP contribution in [0.25, 0.3) is 106 Å². The highest BCUT2D eigenvalue weighted by Gasteiger charge is 2.27. The van der Waals surface area contributed by atoms with Gasteiger partial charge < -0.3 is 0 Å². The summed E-state index contributed by atoms with van der Waals surface area (Å²) in [5.41, 5.74) is 13.2. The first-order chi connectivity index (χ1) is 30.3. The maximum atomic E-state index is 5.46. The van der Waals surface area contributed by atoms with E-state index >= 15 is 0 Å². The highest BCUT2D eigenvalue weighted by molar-refractivity contribution is 6.23. The maximum Gasteiger partial charge on any atom is 0.165 e. The summed E-state index contributed by atoms with van der Waals surface area (Å²) in [6.07, 6.45) is 0. The summed E-state index contributed by atoms with van der Waals surface area (Å²) in [5.74, 6) is 1.78. The Labute approximate surface area is 354 Å². The topological polar surface area (TPSA) is 56.5 Å². The zero-order valence-corrected chi connectivity index (χ0v) is 33.1. The normalized spacial score (nSPS) is 11.3. The lowest BCUT2D eigenvalue weighted by Crippen LogP contribution is -2.03. The van der Waals surface area contributed by atoms with Crippen molar-refractivity contribution in [2.24, 2.45) is 0 Å². The molecule has 0 amide bonds. The van der Waals surface area contributed by atoms with Crippen molar-refractivity contribution < 1.29 is 0 Å². The molecule has 0 radical (unpaired) electrons. The number of aromatic nitrogens is 5. The van der Waals surface area contributed by atoms with Gasteiger partial charge in [0, 0.05) is 38.6 Å². The van der Waals surface area contributed by atoms with Gasteiger partial charge in [-0.15, -0.1) is 0 Å². The van der Waals surface area contributed by atoms with Crippen LogP contribution in [-0.4, -0.2) is 24.7 Å². The zero-order chi connectivity index (χ0) is 40.5. The van der Waals surface area contributed by atoms with Crippen LogP contribution in [0.15, 0.2) is 224 Å². The first kappa shape index (κ1) is 35.8. The van der Waals surface area contributed by atoms with E-state index in [2.05, 4.69) is 205 Å². The van der Waals surface area contributed by atoms with Gasteiger partial charge in [0.15, 0.2) is 17.5 Å². The number of benzene rings is 9. The van der Waals surface area contributed by atoms with Gasteiger partial charge in [0.25, 0.3) is 0 Å². The molecule has 0 atom stereocenters. The average Bonchev–Trinajstić information content (AvgIpc) is 3.76. The highest BCUT2D eigenvalue weighted by atomic mass is 15.3. The minimum Gasteiger partial charge on any atom is -0.232 e. The molecule has 0 aliphatic heterocycles. The van der Waals surface area contributed by atoms with Crippen LogP contribution in [0.3, 0.4) is 0 Å². The summed E-state index contributed by atoms with van der Waals surface area (Å²) >= 11 is 0. The van der Waals surface area contributed by atoms with Gasteiger partial charge in [0.05, 0.1) is 11.2 Å². The van der Waals surface area contributed by atoms with Crippen LogP contribution in [-0.2, 0) is 0 Å². The van der Waals surface area contributed by atoms with Gasteiger partial charge in [-0.2, -0.15) is 5.10 Å². The monoisotopic (exact) mass is 779 g/mol. The Hall–Kier alpha value is -8.28. The van der Waals surface area contributed by atoms with E-state index < -0.39 is 0 Å². The van der Waals surface area contributed by atoms with Crippen LogP contribution in [0.4, 0.5) is 0 Å². The largest absolute Gasteiger partial charge is 0.232 e. The molecule has 5 nitrogen and oxygen atoms in total. The third-order valence-corrected chi connectivity index (χ3v) is 11.3. The molecular weight excluding hydrogens is 743 g/mol. The van der Waals surface area contributed by atoms with E-state index in [0.717, 1.165) is 88.7 Å². The molecule has 61 heavy (non-hydrogen) atoms. The fraction of sp³-hybridized carbons (Fsp3) is 0. The molecule has 5 heteroatoms. The predicted octanol–water partition coefficient (Wildman–Crippen LogP) is 14.0. The predicted molar refractivity (Wildman–Crippen MR) is 250 cm³/mol. The minimum atomic E-state index is 0.586. The molecule has 0 spiro atoms. The van der Waals surface area contributed by atoms with Crippen molar-refractivity contribution in [1.82, 2.24) is 24.7 Å². The van der Waals surface area contributed by atoms with Crippen molar-refractivity contribution in [3.05, 3.63) is 224 Å². The fourth-order valence-electron chi connectivity index (χ4n) is 8.38. The Morgan fingerprint density at radius 2 is 0.656 bits per heavy atom. The molecule has 2 aromatic heterocycles. The summed E-state index contributed by atoms with van der Waals surface area (Å²) < 4.78 is 2.10. The van der Waals surface area contributed by atoms with Gasteiger partial charge in [-0.05, 0) is 45.3 Å². The third-order valence-electron chi connectivity index (χ3n) is 11.3. The molecule has 0 saturated heterocycles. The Bertz CT molecular complexity index is 3190. The number of hydrogen-bond acceptors (Lipinski definition) is 4. The molecular formula is C56H37N5. The summed E-state index contributed by atoms with van der Waals surface area (Å²) in [7, 11) is 0. The molecule has 286 valence electrons. The number of hydrogen-bond donors (Lipinski definition) is 0. The van der Waals surface area contributed by atoms with Crippen LogP contribution in [0, 0.1) is 0 Å². The highest BCUT2D eigenvalue weighted by Crippen LogP contribution is 2.48. The number of nitrogens with zero attached hydrogens (tertiary/aromatic N) is 5. The van der Waals surface area contributed by atoms with Gasteiger partial charge >= 0.3 is 0 Å². The summed E-state index contributed by atoms with van der Waals surface area (Å²) in [4.78, 5) is 16.1. The van der Waals surface area contributed by atoms with Gasteiger partial charge in [0.1, 0.15) is 5.69 Å². The van der Waals surface area contributed by atoms with Crippen LogP contribution in [0.2, 0.25) is 0 Å². The molecule has 0 N–H and O–H groups in total. The summed E-state index contributed by atoms with van der Waals surface area (Å²) in [6.45, 7) is 0.